The fourth-order valence-electron chi connectivity index (χ4n) is 3.96. The van der Waals surface area contributed by atoms with E-state index in [1.165, 1.54) is 6.07 Å². The average molecular weight is 397 g/mol. The molecule has 1 aromatic carbocycles. The molecule has 2 aliphatic rings. The second kappa shape index (κ2) is 6.65. The van der Waals surface area contributed by atoms with Crippen LogP contribution in [0.25, 0.3) is 0 Å². The van der Waals surface area contributed by atoms with Crippen molar-refractivity contribution in [2.75, 3.05) is 12.9 Å². The minimum absolute atomic E-state index is 0.0175. The average Bonchev–Trinajstić information content (AvgIpc) is 3.16. The first-order chi connectivity index (χ1) is 12.7. The van der Waals surface area contributed by atoms with Gasteiger partial charge in [-0.05, 0) is 30.5 Å². The maximum absolute atomic E-state index is 14.1. The molecule has 0 bridgehead atoms. The molecule has 0 saturated carbocycles. The summed E-state index contributed by atoms with van der Waals surface area (Å²) in [7, 11) is -3.38. The van der Waals surface area contributed by atoms with Gasteiger partial charge in [-0.15, -0.1) is 0 Å². The minimum atomic E-state index is -3.38. The summed E-state index contributed by atoms with van der Waals surface area (Å²) in [6.45, 7) is 3.53. The second-order valence-corrected chi connectivity index (χ2v) is 9.27. The van der Waals surface area contributed by atoms with Crippen LogP contribution >= 0.6 is 0 Å². The van der Waals surface area contributed by atoms with E-state index in [1.807, 2.05) is 6.92 Å². The third-order valence-corrected chi connectivity index (χ3v) is 6.20. The van der Waals surface area contributed by atoms with Gasteiger partial charge in [0.2, 0.25) is 0 Å². The highest BCUT2D eigenvalue weighted by molar-refractivity contribution is 7.89. The zero-order valence-corrected chi connectivity index (χ0v) is 15.9. The third kappa shape index (κ3) is 3.51. The van der Waals surface area contributed by atoms with E-state index in [-0.39, 0.29) is 17.5 Å². The summed E-state index contributed by atoms with van der Waals surface area (Å²) in [5, 5.41) is 4.16. The van der Waals surface area contributed by atoms with Crippen molar-refractivity contribution in [1.29, 1.82) is 0 Å². The van der Waals surface area contributed by atoms with Crippen molar-refractivity contribution in [3.8, 4) is 0 Å². The largest absolute Gasteiger partial charge is 0.372 e. The maximum atomic E-state index is 14.1. The second-order valence-electron chi connectivity index (χ2n) is 7.43. The van der Waals surface area contributed by atoms with Gasteiger partial charge in [0.25, 0.3) is 10.0 Å². The Hall–Kier alpha value is -1.84. The van der Waals surface area contributed by atoms with Crippen molar-refractivity contribution in [3.63, 3.8) is 0 Å². The number of halogens is 2. The maximum Gasteiger partial charge on any atom is 0.250 e. The number of hydrogen-bond acceptors (Lipinski definition) is 5. The molecule has 1 unspecified atom stereocenters. The van der Waals surface area contributed by atoms with Gasteiger partial charge < -0.3 is 4.74 Å². The van der Waals surface area contributed by atoms with E-state index in [1.54, 1.807) is 6.20 Å². The Morgan fingerprint density at radius 2 is 2.04 bits per heavy atom. The summed E-state index contributed by atoms with van der Waals surface area (Å²) >= 11 is 0. The molecule has 0 N–H and O–H groups in total. The highest BCUT2D eigenvalue weighted by Gasteiger charge is 2.37. The van der Waals surface area contributed by atoms with Crippen LogP contribution in [-0.2, 0) is 27.8 Å². The Balaban J connectivity index is 1.44. The van der Waals surface area contributed by atoms with Gasteiger partial charge in [0.15, 0.2) is 0 Å². The Morgan fingerprint density at radius 3 is 2.70 bits per heavy atom. The highest BCUT2D eigenvalue weighted by Crippen LogP contribution is 2.38. The molecule has 3 heterocycles. The molecular formula is C18H21F2N3O3S. The molecule has 0 radical (unpaired) electrons. The van der Waals surface area contributed by atoms with Crippen LogP contribution in [0.5, 0.6) is 0 Å². The molecule has 0 amide bonds. The fourth-order valence-corrected chi connectivity index (χ4v) is 4.53. The predicted octanol–water partition coefficient (Wildman–Crippen LogP) is 2.45. The van der Waals surface area contributed by atoms with Gasteiger partial charge >= 0.3 is 0 Å². The van der Waals surface area contributed by atoms with E-state index in [0.717, 1.165) is 40.2 Å². The Labute approximate surface area is 156 Å². The van der Waals surface area contributed by atoms with Gasteiger partial charge in [0, 0.05) is 36.5 Å². The molecule has 6 nitrogen and oxygen atoms in total. The van der Waals surface area contributed by atoms with E-state index < -0.39 is 27.8 Å². The van der Waals surface area contributed by atoms with Crippen molar-refractivity contribution in [1.82, 2.24) is 14.1 Å². The standard InChI is InChI=1S/C18H21F2N3O3S/c1-11-5-14(10-26-18(11)15-6-13(19)3-4-16(15)20)22-7-12-8-23(27(2,24)25)21-17(12)9-22/h3-4,6,8,11,14,18H,5,7,9-10H2,1-2H3/t11-,14+,18?/m0/s1. The van der Waals surface area contributed by atoms with E-state index in [9.17, 15) is 17.2 Å². The first-order valence-electron chi connectivity index (χ1n) is 8.81. The normalized spacial score (nSPS) is 26.3. The molecule has 9 heteroatoms. The number of benzene rings is 1. The molecule has 3 atom stereocenters. The minimum Gasteiger partial charge on any atom is -0.372 e. The monoisotopic (exact) mass is 397 g/mol. The van der Waals surface area contributed by atoms with Gasteiger partial charge in [-0.3, -0.25) is 4.90 Å². The predicted molar refractivity (Wildman–Crippen MR) is 94.3 cm³/mol. The third-order valence-electron chi connectivity index (χ3n) is 5.33. The molecule has 1 fully saturated rings. The first-order valence-corrected chi connectivity index (χ1v) is 10.7. The van der Waals surface area contributed by atoms with Crippen LogP contribution in [0.2, 0.25) is 0 Å². The lowest BCUT2D eigenvalue weighted by Crippen LogP contribution is -2.42. The summed E-state index contributed by atoms with van der Waals surface area (Å²) in [6, 6.07) is 3.56. The lowest BCUT2D eigenvalue weighted by atomic mass is 9.88. The van der Waals surface area contributed by atoms with Crippen molar-refractivity contribution < 1.29 is 21.9 Å². The van der Waals surface area contributed by atoms with Crippen LogP contribution in [0.4, 0.5) is 8.78 Å². The first kappa shape index (κ1) is 18.5. The highest BCUT2D eigenvalue weighted by atomic mass is 32.2. The summed E-state index contributed by atoms with van der Waals surface area (Å²) in [4.78, 5) is 2.19. The lowest BCUT2D eigenvalue weighted by molar-refractivity contribution is -0.0723. The topological polar surface area (TPSA) is 64.4 Å². The van der Waals surface area contributed by atoms with Crippen molar-refractivity contribution in [3.05, 3.63) is 52.9 Å². The number of rotatable bonds is 3. The number of aromatic nitrogens is 2. The molecular weight excluding hydrogens is 376 g/mol. The van der Waals surface area contributed by atoms with Crippen molar-refractivity contribution in [2.24, 2.45) is 5.92 Å². The van der Waals surface area contributed by atoms with E-state index in [0.29, 0.717) is 19.7 Å². The van der Waals surface area contributed by atoms with Crippen LogP contribution in [0.3, 0.4) is 0 Å². The zero-order valence-electron chi connectivity index (χ0n) is 15.1. The smallest absolute Gasteiger partial charge is 0.250 e. The lowest BCUT2D eigenvalue weighted by Gasteiger charge is -2.38. The molecule has 1 aromatic heterocycles. The van der Waals surface area contributed by atoms with Crippen LogP contribution in [0, 0.1) is 17.6 Å². The van der Waals surface area contributed by atoms with Crippen LogP contribution in [0.15, 0.2) is 24.4 Å². The molecule has 27 heavy (non-hydrogen) atoms. The number of ether oxygens (including phenoxy) is 1. The van der Waals surface area contributed by atoms with Gasteiger partial charge in [0.05, 0.1) is 24.7 Å². The van der Waals surface area contributed by atoms with Gasteiger partial charge in [-0.2, -0.15) is 9.19 Å². The zero-order chi connectivity index (χ0) is 19.3. The van der Waals surface area contributed by atoms with Gasteiger partial charge in [0.1, 0.15) is 11.6 Å². The Bertz CT molecular complexity index is 953. The van der Waals surface area contributed by atoms with Crippen LogP contribution in [0.1, 0.15) is 36.3 Å². The SMILES string of the molecule is C[C@H]1C[C@@H](N2Cc3cn(S(C)(=O)=O)nc3C2)COC1c1cc(F)ccc1F. The van der Waals surface area contributed by atoms with Gasteiger partial charge in [-0.1, -0.05) is 6.92 Å². The van der Waals surface area contributed by atoms with E-state index in [2.05, 4.69) is 10.00 Å². The van der Waals surface area contributed by atoms with Crippen LogP contribution in [-0.4, -0.2) is 41.4 Å². The number of hydrogen-bond donors (Lipinski definition) is 0. The van der Waals surface area contributed by atoms with E-state index >= 15 is 0 Å². The summed E-state index contributed by atoms with van der Waals surface area (Å²) < 4.78 is 57.7. The summed E-state index contributed by atoms with van der Waals surface area (Å²) in [6.07, 6.45) is 2.98. The molecule has 146 valence electrons. The van der Waals surface area contributed by atoms with Crippen LogP contribution < -0.4 is 0 Å². The molecule has 4 rings (SSSR count). The number of fused-ring (bicyclic) bond motifs is 1. The Morgan fingerprint density at radius 1 is 1.26 bits per heavy atom. The molecule has 0 aliphatic carbocycles. The van der Waals surface area contributed by atoms with Gasteiger partial charge in [-0.25, -0.2) is 17.2 Å². The quantitative estimate of drug-likeness (QED) is 0.796. The molecule has 1 saturated heterocycles. The molecule has 0 spiro atoms. The fraction of sp³-hybridized carbons (Fsp3) is 0.500. The Kier molecular flexibility index (Phi) is 4.56. The van der Waals surface area contributed by atoms with Crippen molar-refractivity contribution >= 4 is 10.0 Å². The molecule has 2 aromatic rings. The van der Waals surface area contributed by atoms with Crippen molar-refractivity contribution in [2.45, 2.75) is 38.6 Å². The number of nitrogens with zero attached hydrogens (tertiary/aromatic N) is 3. The summed E-state index contributed by atoms with van der Waals surface area (Å²) in [5.41, 5.74) is 1.91. The van der Waals surface area contributed by atoms with E-state index in [4.69, 9.17) is 4.74 Å². The molecule has 2 aliphatic heterocycles. The summed E-state index contributed by atoms with van der Waals surface area (Å²) in [5.74, 6) is -0.913.